The molecule has 3 nitrogen and oxygen atoms in total. The fourth-order valence-corrected chi connectivity index (χ4v) is 3.10. The molecule has 5 heteroatoms. The lowest BCUT2D eigenvalue weighted by Crippen LogP contribution is -2.38. The van der Waals surface area contributed by atoms with E-state index in [0.717, 1.165) is 32.4 Å². The zero-order valence-corrected chi connectivity index (χ0v) is 12.4. The normalized spacial score (nSPS) is 22.5. The van der Waals surface area contributed by atoms with Gasteiger partial charge in [0.1, 0.15) is 0 Å². The first-order chi connectivity index (χ1) is 9.09. The van der Waals surface area contributed by atoms with E-state index in [1.807, 2.05) is 0 Å². The second kappa shape index (κ2) is 6.12. The average Bonchev–Trinajstić information content (AvgIpc) is 2.84. The van der Waals surface area contributed by atoms with Crippen molar-refractivity contribution in [1.82, 2.24) is 5.32 Å². The molecule has 1 amide bonds. The maximum Gasteiger partial charge on any atom is 0.232 e. The molecule has 19 heavy (non-hydrogen) atoms. The summed E-state index contributed by atoms with van der Waals surface area (Å²) >= 11 is 12.2. The van der Waals surface area contributed by atoms with Crippen LogP contribution in [-0.4, -0.2) is 19.0 Å². The summed E-state index contributed by atoms with van der Waals surface area (Å²) in [4.78, 5) is 12.6. The van der Waals surface area contributed by atoms with Gasteiger partial charge in [0.25, 0.3) is 0 Å². The monoisotopic (exact) mass is 300 g/mol. The molecule has 0 saturated carbocycles. The quantitative estimate of drug-likeness (QED) is 0.890. The Morgan fingerprint density at radius 1 is 1.42 bits per heavy atom. The van der Waals surface area contributed by atoms with Gasteiger partial charge < -0.3 is 10.6 Å². The van der Waals surface area contributed by atoms with Crippen molar-refractivity contribution < 1.29 is 4.79 Å². The lowest BCUT2D eigenvalue weighted by atomic mass is 9.81. The lowest BCUT2D eigenvalue weighted by molar-refractivity contribution is -0.125. The van der Waals surface area contributed by atoms with Crippen molar-refractivity contribution in [2.45, 2.75) is 26.2 Å². The first-order valence-electron chi connectivity index (χ1n) is 6.55. The second-order valence-corrected chi connectivity index (χ2v) is 5.82. The van der Waals surface area contributed by atoms with Gasteiger partial charge in [0.2, 0.25) is 5.91 Å². The fourth-order valence-electron chi connectivity index (χ4n) is 2.61. The van der Waals surface area contributed by atoms with Gasteiger partial charge in [-0.05, 0) is 31.5 Å². The Bertz CT molecular complexity index is 450. The molecular formula is C14H18Cl2N2O. The van der Waals surface area contributed by atoms with Crippen LogP contribution in [0.25, 0.3) is 0 Å². The summed E-state index contributed by atoms with van der Waals surface area (Å²) < 4.78 is 0. The molecule has 2 N–H and O–H groups in total. The Hall–Kier alpha value is -0.770. The molecule has 1 heterocycles. The first-order valence-corrected chi connectivity index (χ1v) is 7.31. The van der Waals surface area contributed by atoms with E-state index in [1.165, 1.54) is 0 Å². The van der Waals surface area contributed by atoms with Gasteiger partial charge >= 0.3 is 0 Å². The Morgan fingerprint density at radius 2 is 2.11 bits per heavy atom. The van der Waals surface area contributed by atoms with E-state index in [4.69, 9.17) is 23.2 Å². The van der Waals surface area contributed by atoms with Crippen LogP contribution in [0.4, 0.5) is 5.69 Å². The van der Waals surface area contributed by atoms with Crippen molar-refractivity contribution in [3.63, 3.8) is 0 Å². The molecule has 1 aliphatic rings. The van der Waals surface area contributed by atoms with Crippen LogP contribution in [-0.2, 0) is 4.79 Å². The second-order valence-electron chi connectivity index (χ2n) is 5.01. The van der Waals surface area contributed by atoms with E-state index in [9.17, 15) is 4.79 Å². The van der Waals surface area contributed by atoms with Crippen LogP contribution in [0.3, 0.4) is 0 Å². The van der Waals surface area contributed by atoms with Crippen LogP contribution in [0.15, 0.2) is 18.2 Å². The number of para-hydroxylation sites is 1. The Balaban J connectivity index is 2.20. The average molecular weight is 301 g/mol. The van der Waals surface area contributed by atoms with E-state index in [0.29, 0.717) is 15.7 Å². The summed E-state index contributed by atoms with van der Waals surface area (Å²) in [5, 5.41) is 7.11. The van der Waals surface area contributed by atoms with Gasteiger partial charge in [0.05, 0.1) is 21.1 Å². The van der Waals surface area contributed by atoms with Crippen LogP contribution in [0.1, 0.15) is 26.2 Å². The minimum Gasteiger partial charge on any atom is -0.323 e. The molecule has 0 aliphatic carbocycles. The Kier molecular flexibility index (Phi) is 4.71. The van der Waals surface area contributed by atoms with Gasteiger partial charge in [0, 0.05) is 6.54 Å². The third-order valence-corrected chi connectivity index (χ3v) is 4.29. The van der Waals surface area contributed by atoms with Crippen LogP contribution in [0.2, 0.25) is 10.0 Å². The summed E-state index contributed by atoms with van der Waals surface area (Å²) in [6.07, 6.45) is 2.70. The lowest BCUT2D eigenvalue weighted by Gasteiger charge is -2.26. The van der Waals surface area contributed by atoms with Crippen molar-refractivity contribution in [3.8, 4) is 0 Å². The molecule has 1 saturated heterocycles. The van der Waals surface area contributed by atoms with Crippen molar-refractivity contribution in [2.75, 3.05) is 18.4 Å². The largest absolute Gasteiger partial charge is 0.323 e. The van der Waals surface area contributed by atoms with Crippen LogP contribution in [0, 0.1) is 5.41 Å². The highest BCUT2D eigenvalue weighted by Crippen LogP contribution is 2.35. The maximum absolute atomic E-state index is 12.6. The summed E-state index contributed by atoms with van der Waals surface area (Å²) in [6.45, 7) is 3.69. The summed E-state index contributed by atoms with van der Waals surface area (Å²) in [7, 11) is 0. The predicted octanol–water partition coefficient (Wildman–Crippen LogP) is 3.71. The molecule has 1 aromatic carbocycles. The number of carbonyl (C=O) groups excluding carboxylic acids is 1. The third kappa shape index (κ3) is 3.04. The van der Waals surface area contributed by atoms with Crippen LogP contribution in [0.5, 0.6) is 0 Å². The van der Waals surface area contributed by atoms with Gasteiger partial charge in [-0.3, -0.25) is 4.79 Å². The van der Waals surface area contributed by atoms with Crippen molar-refractivity contribution in [3.05, 3.63) is 28.2 Å². The molecule has 2 rings (SSSR count). The molecule has 1 fully saturated rings. The molecule has 0 aromatic heterocycles. The molecule has 1 unspecified atom stereocenters. The zero-order valence-electron chi connectivity index (χ0n) is 10.9. The smallest absolute Gasteiger partial charge is 0.232 e. The minimum absolute atomic E-state index is 0.00866. The molecule has 1 aliphatic heterocycles. The van der Waals surface area contributed by atoms with E-state index in [1.54, 1.807) is 18.2 Å². The predicted molar refractivity (Wildman–Crippen MR) is 79.9 cm³/mol. The molecule has 1 atom stereocenters. The van der Waals surface area contributed by atoms with E-state index >= 15 is 0 Å². The number of hydrogen-bond acceptors (Lipinski definition) is 2. The van der Waals surface area contributed by atoms with Crippen molar-refractivity contribution >= 4 is 34.8 Å². The fraction of sp³-hybridized carbons (Fsp3) is 0.500. The summed E-state index contributed by atoms with van der Waals surface area (Å²) in [6, 6.07) is 5.21. The number of benzene rings is 1. The summed E-state index contributed by atoms with van der Waals surface area (Å²) in [5.74, 6) is 0.00866. The van der Waals surface area contributed by atoms with Gasteiger partial charge in [-0.2, -0.15) is 0 Å². The highest BCUT2D eigenvalue weighted by Gasteiger charge is 2.40. The van der Waals surface area contributed by atoms with Gasteiger partial charge in [-0.15, -0.1) is 0 Å². The zero-order chi connectivity index (χ0) is 13.9. The highest BCUT2D eigenvalue weighted by molar-refractivity contribution is 6.39. The van der Waals surface area contributed by atoms with E-state index in [2.05, 4.69) is 17.6 Å². The number of amides is 1. The minimum atomic E-state index is -0.336. The Morgan fingerprint density at radius 3 is 2.63 bits per heavy atom. The van der Waals surface area contributed by atoms with E-state index < -0.39 is 0 Å². The van der Waals surface area contributed by atoms with Gasteiger partial charge in [-0.25, -0.2) is 0 Å². The van der Waals surface area contributed by atoms with Crippen molar-refractivity contribution in [1.29, 1.82) is 0 Å². The highest BCUT2D eigenvalue weighted by atomic mass is 35.5. The number of nitrogens with one attached hydrogen (secondary N) is 2. The standard InChI is InChI=1S/C14H18Cl2N2O/c1-2-6-14(7-8-17-9-14)13(19)18-12-10(15)4-3-5-11(12)16/h3-5,17H,2,6-9H2,1H3,(H,18,19). The Labute approximate surface area is 123 Å². The van der Waals surface area contributed by atoms with Crippen LogP contribution >= 0.6 is 23.2 Å². The van der Waals surface area contributed by atoms with E-state index in [-0.39, 0.29) is 11.3 Å². The SMILES string of the molecule is CCCC1(C(=O)Nc2c(Cl)cccc2Cl)CCNC1. The number of hydrogen-bond donors (Lipinski definition) is 2. The van der Waals surface area contributed by atoms with Crippen LogP contribution < -0.4 is 10.6 Å². The number of halogens is 2. The third-order valence-electron chi connectivity index (χ3n) is 3.66. The molecule has 1 aromatic rings. The topological polar surface area (TPSA) is 41.1 Å². The first kappa shape index (κ1) is 14.6. The number of anilines is 1. The number of carbonyl (C=O) groups is 1. The molecule has 0 bridgehead atoms. The molecule has 104 valence electrons. The molecule has 0 radical (unpaired) electrons. The maximum atomic E-state index is 12.6. The summed E-state index contributed by atoms with van der Waals surface area (Å²) in [5.41, 5.74) is 0.176. The van der Waals surface area contributed by atoms with Gasteiger partial charge in [0.15, 0.2) is 0 Å². The van der Waals surface area contributed by atoms with Crippen molar-refractivity contribution in [2.24, 2.45) is 5.41 Å². The van der Waals surface area contributed by atoms with Gasteiger partial charge in [-0.1, -0.05) is 42.6 Å². The number of rotatable bonds is 4. The molecular weight excluding hydrogens is 283 g/mol. The molecule has 0 spiro atoms.